The maximum absolute atomic E-state index is 12.9. The van der Waals surface area contributed by atoms with E-state index in [2.05, 4.69) is 106 Å². The summed E-state index contributed by atoms with van der Waals surface area (Å²) in [5.74, 6) is -0.894. The van der Waals surface area contributed by atoms with E-state index < -0.39 is 6.10 Å². The van der Waals surface area contributed by atoms with Crippen molar-refractivity contribution in [2.24, 2.45) is 0 Å². The highest BCUT2D eigenvalue weighted by Crippen LogP contribution is 2.17. The molecule has 0 aromatic carbocycles. The van der Waals surface area contributed by atoms with Crippen LogP contribution in [0.25, 0.3) is 0 Å². The van der Waals surface area contributed by atoms with E-state index >= 15 is 0 Å². The molecule has 0 N–H and O–H groups in total. The van der Waals surface area contributed by atoms with E-state index in [1.54, 1.807) is 0 Å². The Bertz CT molecular complexity index is 1480. The van der Waals surface area contributed by atoms with Crippen LogP contribution in [0, 0.1) is 0 Å². The molecule has 6 nitrogen and oxygen atoms in total. The number of carbonyl (C=O) groups is 3. The van der Waals surface area contributed by atoms with Crippen LogP contribution >= 0.6 is 0 Å². The summed E-state index contributed by atoms with van der Waals surface area (Å²) >= 11 is 0. The van der Waals surface area contributed by atoms with Crippen molar-refractivity contribution in [3.63, 3.8) is 0 Å². The molecule has 0 aromatic rings. The second kappa shape index (κ2) is 66.1. The van der Waals surface area contributed by atoms with Gasteiger partial charge in [0.25, 0.3) is 0 Å². The lowest BCUT2D eigenvalue weighted by atomic mass is 10.0. The predicted molar refractivity (Wildman–Crippen MR) is 339 cm³/mol. The second-order valence-electron chi connectivity index (χ2n) is 22.3. The Morgan fingerprint density at radius 2 is 0.500 bits per heavy atom. The van der Waals surface area contributed by atoms with Crippen LogP contribution in [-0.2, 0) is 28.6 Å². The van der Waals surface area contributed by atoms with Gasteiger partial charge in [0.1, 0.15) is 13.2 Å². The summed E-state index contributed by atoms with van der Waals surface area (Å²) < 4.78 is 16.9. The van der Waals surface area contributed by atoms with Crippen LogP contribution in [0.15, 0.2) is 85.1 Å². The Kier molecular flexibility index (Phi) is 63.2. The zero-order valence-electron chi connectivity index (χ0n) is 51.7. The molecule has 0 saturated carbocycles. The smallest absolute Gasteiger partial charge is 0.306 e. The Morgan fingerprint density at radius 1 is 0.269 bits per heavy atom. The molecular weight excluding hydrogens is 961 g/mol. The average molecular weight is 1090 g/mol. The van der Waals surface area contributed by atoms with E-state index in [9.17, 15) is 14.4 Å². The zero-order valence-corrected chi connectivity index (χ0v) is 51.7. The van der Waals surface area contributed by atoms with Gasteiger partial charge in [0.05, 0.1) is 0 Å². The van der Waals surface area contributed by atoms with Crippen LogP contribution in [-0.4, -0.2) is 37.2 Å². The second-order valence-corrected chi connectivity index (χ2v) is 22.3. The molecule has 6 heteroatoms. The van der Waals surface area contributed by atoms with E-state index in [1.165, 1.54) is 186 Å². The monoisotopic (exact) mass is 1090 g/mol. The SMILES string of the molecule is CC/C=C\C/C=C\C/C=C\CCCCCCCCCC(=O)OC(COC(=O)CCCCCCC/C=C\C/C=C\CCCCCC)COC(=O)CCCCCCCCCCCCCCCCC/C=C\C/C=C\CCCCCCC. The Hall–Kier alpha value is -3.41. The van der Waals surface area contributed by atoms with Gasteiger partial charge >= 0.3 is 17.9 Å². The first-order chi connectivity index (χ1) is 38.5. The molecule has 0 aromatic heterocycles. The fourth-order valence-electron chi connectivity index (χ4n) is 9.58. The molecule has 0 fully saturated rings. The third kappa shape index (κ3) is 63.4. The summed E-state index contributed by atoms with van der Waals surface area (Å²) in [5, 5.41) is 0. The van der Waals surface area contributed by atoms with E-state index in [0.717, 1.165) is 109 Å². The van der Waals surface area contributed by atoms with Crippen LogP contribution in [0.2, 0.25) is 0 Å². The van der Waals surface area contributed by atoms with Gasteiger partial charge in [-0.3, -0.25) is 14.4 Å². The Morgan fingerprint density at radius 3 is 0.795 bits per heavy atom. The van der Waals surface area contributed by atoms with Crippen molar-refractivity contribution in [3.05, 3.63) is 85.1 Å². The summed E-state index contributed by atoms with van der Waals surface area (Å²) in [4.78, 5) is 38.4. The topological polar surface area (TPSA) is 78.9 Å². The standard InChI is InChI=1S/C72H126O6/c1-4-7-10-13-16-19-22-25-28-31-32-33-34-35-36-37-38-39-40-42-44-47-50-53-56-59-62-65-71(74)77-68-69(67-76-70(73)64-61-58-55-52-49-46-43-30-27-24-21-18-15-12-9-6-3)78-72(75)66-63-60-57-54-51-48-45-41-29-26-23-20-17-14-11-8-5-2/h8,11,17,20-22,24-26,29-32,43,69H,4-7,9-10,12-16,18-19,23,27-28,33-42,44-68H2,1-3H3/b11-8-,20-17-,24-21-,25-22-,29-26-,32-31-,43-30-. The molecule has 0 rings (SSSR count). The first-order valence-corrected chi connectivity index (χ1v) is 33.6. The van der Waals surface area contributed by atoms with Gasteiger partial charge in [-0.2, -0.15) is 0 Å². The average Bonchev–Trinajstić information content (AvgIpc) is 3.44. The highest BCUT2D eigenvalue weighted by molar-refractivity contribution is 5.71. The van der Waals surface area contributed by atoms with Crippen molar-refractivity contribution in [2.75, 3.05) is 13.2 Å². The van der Waals surface area contributed by atoms with Crippen molar-refractivity contribution in [2.45, 2.75) is 341 Å². The number of carbonyl (C=O) groups excluding carboxylic acids is 3. The molecule has 450 valence electrons. The quantitative estimate of drug-likeness (QED) is 0.0261. The van der Waals surface area contributed by atoms with Crippen molar-refractivity contribution in [1.29, 1.82) is 0 Å². The van der Waals surface area contributed by atoms with E-state index in [0.29, 0.717) is 19.3 Å². The van der Waals surface area contributed by atoms with Crippen molar-refractivity contribution in [3.8, 4) is 0 Å². The molecule has 0 aliphatic carbocycles. The molecule has 78 heavy (non-hydrogen) atoms. The normalized spacial score (nSPS) is 12.6. The summed E-state index contributed by atoms with van der Waals surface area (Å²) in [5.41, 5.74) is 0. The third-order valence-electron chi connectivity index (χ3n) is 14.6. The van der Waals surface area contributed by atoms with Gasteiger partial charge in [-0.1, -0.05) is 286 Å². The molecule has 0 radical (unpaired) electrons. The van der Waals surface area contributed by atoms with Crippen LogP contribution in [0.4, 0.5) is 0 Å². The molecule has 0 heterocycles. The van der Waals surface area contributed by atoms with E-state index in [1.807, 2.05) is 0 Å². The van der Waals surface area contributed by atoms with Gasteiger partial charge in [-0.25, -0.2) is 0 Å². The Balaban J connectivity index is 4.30. The fourth-order valence-corrected chi connectivity index (χ4v) is 9.58. The summed E-state index contributed by atoms with van der Waals surface area (Å²) in [6.07, 6.45) is 87.4. The van der Waals surface area contributed by atoms with Gasteiger partial charge in [0.15, 0.2) is 6.10 Å². The number of allylic oxidation sites excluding steroid dienone is 14. The minimum Gasteiger partial charge on any atom is -0.462 e. The summed E-state index contributed by atoms with van der Waals surface area (Å²) in [6, 6.07) is 0. The summed E-state index contributed by atoms with van der Waals surface area (Å²) in [7, 11) is 0. The number of esters is 3. The van der Waals surface area contributed by atoms with Crippen LogP contribution in [0.5, 0.6) is 0 Å². The van der Waals surface area contributed by atoms with Gasteiger partial charge in [0, 0.05) is 19.3 Å². The van der Waals surface area contributed by atoms with Gasteiger partial charge in [-0.15, -0.1) is 0 Å². The minimum atomic E-state index is -0.789. The van der Waals surface area contributed by atoms with Crippen molar-refractivity contribution >= 4 is 17.9 Å². The zero-order chi connectivity index (χ0) is 56.4. The first-order valence-electron chi connectivity index (χ1n) is 33.6. The van der Waals surface area contributed by atoms with Gasteiger partial charge < -0.3 is 14.2 Å². The first kappa shape index (κ1) is 74.6. The van der Waals surface area contributed by atoms with E-state index in [4.69, 9.17) is 14.2 Å². The molecule has 0 aliphatic rings. The maximum Gasteiger partial charge on any atom is 0.306 e. The van der Waals surface area contributed by atoms with Crippen LogP contribution in [0.1, 0.15) is 335 Å². The third-order valence-corrected chi connectivity index (χ3v) is 14.6. The minimum absolute atomic E-state index is 0.0835. The summed E-state index contributed by atoms with van der Waals surface area (Å²) in [6.45, 7) is 6.52. The lowest BCUT2D eigenvalue weighted by Gasteiger charge is -2.18. The van der Waals surface area contributed by atoms with Crippen LogP contribution in [0.3, 0.4) is 0 Å². The molecule has 0 bridgehead atoms. The van der Waals surface area contributed by atoms with Gasteiger partial charge in [0.2, 0.25) is 0 Å². The number of hydrogen-bond donors (Lipinski definition) is 0. The lowest BCUT2D eigenvalue weighted by Crippen LogP contribution is -2.30. The van der Waals surface area contributed by atoms with Crippen molar-refractivity contribution < 1.29 is 28.6 Å². The molecule has 0 aliphatic heterocycles. The van der Waals surface area contributed by atoms with Crippen LogP contribution < -0.4 is 0 Å². The molecule has 0 spiro atoms. The molecule has 0 amide bonds. The van der Waals surface area contributed by atoms with Gasteiger partial charge in [-0.05, 0) is 116 Å². The lowest BCUT2D eigenvalue weighted by molar-refractivity contribution is -0.167. The number of rotatable bonds is 61. The maximum atomic E-state index is 12.9. The highest BCUT2D eigenvalue weighted by Gasteiger charge is 2.19. The molecular formula is C72H126O6. The van der Waals surface area contributed by atoms with E-state index in [-0.39, 0.29) is 31.1 Å². The molecule has 0 saturated heterocycles. The highest BCUT2D eigenvalue weighted by atomic mass is 16.6. The number of ether oxygens (including phenoxy) is 3. The predicted octanol–water partition coefficient (Wildman–Crippen LogP) is 23.1. The fraction of sp³-hybridized carbons (Fsp3) is 0.764. The number of hydrogen-bond acceptors (Lipinski definition) is 6. The Labute approximate surface area is 484 Å². The number of unbranched alkanes of at least 4 members (excludes halogenated alkanes) is 36. The largest absolute Gasteiger partial charge is 0.462 e. The van der Waals surface area contributed by atoms with Crippen molar-refractivity contribution in [1.82, 2.24) is 0 Å². The molecule has 1 unspecified atom stereocenters. The molecule has 1 atom stereocenters.